The minimum atomic E-state index is 0. The van der Waals surface area contributed by atoms with Crippen molar-refractivity contribution in [2.24, 2.45) is 17.1 Å². The maximum Gasteiger partial charge on any atom is 0.0308 e. The van der Waals surface area contributed by atoms with E-state index in [1.54, 1.807) is 0 Å². The van der Waals surface area contributed by atoms with Crippen molar-refractivity contribution in [1.29, 1.82) is 0 Å². The van der Waals surface area contributed by atoms with Gasteiger partial charge in [0.15, 0.2) is 0 Å². The molecule has 0 aliphatic carbocycles. The maximum absolute atomic E-state index is 5.96. The Kier molecular flexibility index (Phi) is 10.4. The lowest BCUT2D eigenvalue weighted by Gasteiger charge is -2.28. The van der Waals surface area contributed by atoms with Crippen LogP contribution in [0.2, 0.25) is 0 Å². The molecule has 3 heteroatoms. The molecular weight excluding hydrogens is 229 g/mol. The van der Waals surface area contributed by atoms with Crippen LogP contribution in [0.3, 0.4) is 0 Å². The monoisotopic (exact) mass is 255 g/mol. The van der Waals surface area contributed by atoms with Crippen LogP contribution in [-0.4, -0.2) is 11.9 Å². The lowest BCUT2D eigenvalue weighted by atomic mass is 9.78. The van der Waals surface area contributed by atoms with Crippen molar-refractivity contribution in [3.8, 4) is 0 Å². The highest BCUT2D eigenvalue weighted by molar-refractivity contribution is 6.20. The van der Waals surface area contributed by atoms with Crippen LogP contribution in [0, 0.1) is 11.3 Å². The fraction of sp³-hybridized carbons (Fsp3) is 1.00. The molecule has 0 radical (unpaired) electrons. The molecule has 0 aromatic heterocycles. The van der Waals surface area contributed by atoms with Crippen molar-refractivity contribution < 1.29 is 0 Å². The molecule has 2 N–H and O–H groups in total. The van der Waals surface area contributed by atoms with Gasteiger partial charge in [-0.25, -0.2) is 0 Å². The summed E-state index contributed by atoms with van der Waals surface area (Å²) in [6, 6.07) is 0. The first-order chi connectivity index (χ1) is 6.37. The summed E-state index contributed by atoms with van der Waals surface area (Å²) in [5.41, 5.74) is 5.96. The zero-order chi connectivity index (χ0) is 11.2. The lowest BCUT2D eigenvalue weighted by Crippen LogP contribution is -2.18. The van der Waals surface area contributed by atoms with E-state index in [0.717, 1.165) is 25.3 Å². The Morgan fingerprint density at radius 2 is 1.73 bits per heavy atom. The standard InChI is InChI=1S/C12H26ClN.ClH/c1-10(6-8-14)9-12(3,4)7-5-11(2)13;/h10-11H,5-9,14H2,1-4H3;1H. The molecule has 0 aliphatic rings. The van der Waals surface area contributed by atoms with Gasteiger partial charge in [-0.1, -0.05) is 20.8 Å². The fourth-order valence-electron chi connectivity index (χ4n) is 2.02. The van der Waals surface area contributed by atoms with Crippen molar-refractivity contribution in [1.82, 2.24) is 0 Å². The van der Waals surface area contributed by atoms with Crippen LogP contribution in [0.4, 0.5) is 0 Å². The van der Waals surface area contributed by atoms with E-state index in [1.165, 1.54) is 12.8 Å². The highest BCUT2D eigenvalue weighted by Crippen LogP contribution is 2.32. The van der Waals surface area contributed by atoms with E-state index in [-0.39, 0.29) is 12.4 Å². The number of hydrogen-bond donors (Lipinski definition) is 1. The van der Waals surface area contributed by atoms with Gasteiger partial charge < -0.3 is 5.73 Å². The smallest absolute Gasteiger partial charge is 0.0308 e. The van der Waals surface area contributed by atoms with Crippen LogP contribution in [0.1, 0.15) is 53.4 Å². The Morgan fingerprint density at radius 1 is 1.20 bits per heavy atom. The van der Waals surface area contributed by atoms with E-state index in [1.807, 2.05) is 0 Å². The SMILES string of the molecule is CC(Cl)CCC(C)(C)CC(C)CCN.Cl. The first-order valence-corrected chi connectivity index (χ1v) is 6.15. The molecule has 0 saturated carbocycles. The summed E-state index contributed by atoms with van der Waals surface area (Å²) < 4.78 is 0. The Labute approximate surface area is 107 Å². The van der Waals surface area contributed by atoms with Gasteiger partial charge in [-0.3, -0.25) is 0 Å². The minimum Gasteiger partial charge on any atom is -0.330 e. The molecule has 1 nitrogen and oxygen atoms in total. The highest BCUT2D eigenvalue weighted by Gasteiger charge is 2.21. The van der Waals surface area contributed by atoms with Gasteiger partial charge in [-0.15, -0.1) is 24.0 Å². The zero-order valence-electron chi connectivity index (χ0n) is 10.6. The Morgan fingerprint density at radius 3 is 2.13 bits per heavy atom. The number of alkyl halides is 1. The molecule has 2 unspecified atom stereocenters. The molecule has 0 rings (SSSR count). The molecule has 0 amide bonds. The van der Waals surface area contributed by atoms with Crippen molar-refractivity contribution in [3.05, 3.63) is 0 Å². The van der Waals surface area contributed by atoms with Crippen LogP contribution in [0.5, 0.6) is 0 Å². The minimum absolute atomic E-state index is 0. The van der Waals surface area contributed by atoms with Gasteiger partial charge in [-0.05, 0) is 50.5 Å². The van der Waals surface area contributed by atoms with Crippen molar-refractivity contribution >= 4 is 24.0 Å². The van der Waals surface area contributed by atoms with Crippen molar-refractivity contribution in [3.63, 3.8) is 0 Å². The topological polar surface area (TPSA) is 26.0 Å². The van der Waals surface area contributed by atoms with Crippen molar-refractivity contribution in [2.75, 3.05) is 6.54 Å². The van der Waals surface area contributed by atoms with Gasteiger partial charge in [0.2, 0.25) is 0 Å². The molecule has 0 saturated heterocycles. The Balaban J connectivity index is 0. The fourth-order valence-corrected chi connectivity index (χ4v) is 2.13. The Bertz CT molecular complexity index is 147. The molecule has 2 atom stereocenters. The summed E-state index contributed by atoms with van der Waals surface area (Å²) in [6.07, 6.45) is 4.73. The van der Waals surface area contributed by atoms with Gasteiger partial charge in [0, 0.05) is 5.38 Å². The average molecular weight is 256 g/mol. The molecule has 94 valence electrons. The summed E-state index contributed by atoms with van der Waals surface area (Å²) in [6.45, 7) is 9.83. The van der Waals surface area contributed by atoms with E-state index in [2.05, 4.69) is 27.7 Å². The molecule has 15 heavy (non-hydrogen) atoms. The third kappa shape index (κ3) is 10.8. The normalized spacial score (nSPS) is 15.6. The van der Waals surface area contributed by atoms with E-state index < -0.39 is 0 Å². The first kappa shape index (κ1) is 17.9. The second-order valence-corrected chi connectivity index (χ2v) is 6.12. The second-order valence-electron chi connectivity index (χ2n) is 5.37. The molecule has 0 aromatic carbocycles. The van der Waals surface area contributed by atoms with Gasteiger partial charge in [0.1, 0.15) is 0 Å². The molecular formula is C12H27Cl2N. The first-order valence-electron chi connectivity index (χ1n) is 5.71. The second kappa shape index (κ2) is 8.66. The zero-order valence-corrected chi connectivity index (χ0v) is 12.1. The number of hydrogen-bond acceptors (Lipinski definition) is 1. The Hall–Kier alpha value is 0.540. The van der Waals surface area contributed by atoms with E-state index in [9.17, 15) is 0 Å². The third-order valence-electron chi connectivity index (χ3n) is 2.78. The number of halogens is 2. The summed E-state index contributed by atoms with van der Waals surface area (Å²) in [5.74, 6) is 0.737. The van der Waals surface area contributed by atoms with Crippen molar-refractivity contribution in [2.45, 2.75) is 58.8 Å². The summed E-state index contributed by atoms with van der Waals surface area (Å²) in [5, 5.41) is 0.305. The molecule has 0 aromatic rings. The molecule has 0 bridgehead atoms. The van der Waals surface area contributed by atoms with E-state index in [0.29, 0.717) is 10.8 Å². The summed E-state index contributed by atoms with van der Waals surface area (Å²) in [7, 11) is 0. The van der Waals surface area contributed by atoms with Gasteiger partial charge in [0.05, 0.1) is 0 Å². The predicted octanol–water partition coefficient (Wildman–Crippen LogP) is 4.22. The third-order valence-corrected chi connectivity index (χ3v) is 3.00. The van der Waals surface area contributed by atoms with Crippen LogP contribution in [0.25, 0.3) is 0 Å². The van der Waals surface area contributed by atoms with Gasteiger partial charge in [-0.2, -0.15) is 0 Å². The van der Waals surface area contributed by atoms with E-state index in [4.69, 9.17) is 17.3 Å². The van der Waals surface area contributed by atoms with Gasteiger partial charge >= 0.3 is 0 Å². The summed E-state index contributed by atoms with van der Waals surface area (Å²) >= 11 is 5.96. The molecule has 0 spiro atoms. The van der Waals surface area contributed by atoms with E-state index >= 15 is 0 Å². The van der Waals surface area contributed by atoms with Crippen LogP contribution in [0.15, 0.2) is 0 Å². The summed E-state index contributed by atoms with van der Waals surface area (Å²) in [4.78, 5) is 0. The van der Waals surface area contributed by atoms with Crippen LogP contribution in [-0.2, 0) is 0 Å². The highest BCUT2D eigenvalue weighted by atomic mass is 35.5. The van der Waals surface area contributed by atoms with Crippen LogP contribution >= 0.6 is 24.0 Å². The molecule has 0 aliphatic heterocycles. The molecule has 0 fully saturated rings. The maximum atomic E-state index is 5.96. The number of rotatable bonds is 7. The average Bonchev–Trinajstić information content (AvgIpc) is 2.00. The van der Waals surface area contributed by atoms with Gasteiger partial charge in [0.25, 0.3) is 0 Å². The predicted molar refractivity (Wildman–Crippen MR) is 73.0 cm³/mol. The largest absolute Gasteiger partial charge is 0.330 e. The van der Waals surface area contributed by atoms with Crippen LogP contribution < -0.4 is 5.73 Å². The lowest BCUT2D eigenvalue weighted by molar-refractivity contribution is 0.245. The molecule has 0 heterocycles. The quantitative estimate of drug-likeness (QED) is 0.678. The number of nitrogens with two attached hydrogens (primary N) is 1.